The molecule has 2 aliphatic rings. The lowest BCUT2D eigenvalue weighted by Crippen LogP contribution is -2.55. The molecule has 7 heteroatoms. The Morgan fingerprint density at radius 2 is 2.08 bits per heavy atom. The summed E-state index contributed by atoms with van der Waals surface area (Å²) in [5, 5.41) is 0. The quantitative estimate of drug-likeness (QED) is 0.727. The Morgan fingerprint density at radius 1 is 1.32 bits per heavy atom. The van der Waals surface area contributed by atoms with Gasteiger partial charge in [0.2, 0.25) is 0 Å². The fraction of sp³-hybridized carbons (Fsp3) is 0.611. The highest BCUT2D eigenvalue weighted by Gasteiger charge is 2.35. The van der Waals surface area contributed by atoms with E-state index in [1.165, 1.54) is 6.92 Å². The normalized spacial score (nSPS) is 20.1. The third-order valence-electron chi connectivity index (χ3n) is 4.35. The number of fused-ring (bicyclic) bond motifs is 3. The molecule has 3 rings (SSSR count). The third-order valence-corrected chi connectivity index (χ3v) is 4.35. The number of pyridine rings is 1. The predicted octanol–water partition coefficient (Wildman–Crippen LogP) is 2.49. The lowest BCUT2D eigenvalue weighted by Gasteiger charge is -2.41. The molecule has 1 saturated heterocycles. The largest absolute Gasteiger partial charge is 0.490 e. The summed E-state index contributed by atoms with van der Waals surface area (Å²) in [6.45, 7) is 9.46. The lowest BCUT2D eigenvalue weighted by molar-refractivity contribution is 0.0210. The Bertz CT molecular complexity index is 683. The Balaban J connectivity index is 1.77. The Morgan fingerprint density at radius 3 is 2.76 bits per heavy atom. The first-order valence-corrected chi connectivity index (χ1v) is 8.63. The number of piperazine rings is 1. The molecule has 7 nitrogen and oxygen atoms in total. The van der Waals surface area contributed by atoms with Crippen LogP contribution in [-0.2, 0) is 4.74 Å². The van der Waals surface area contributed by atoms with Crippen LogP contribution in [0.2, 0.25) is 0 Å². The van der Waals surface area contributed by atoms with Gasteiger partial charge in [0.25, 0.3) is 0 Å². The van der Waals surface area contributed by atoms with E-state index in [1.807, 2.05) is 20.8 Å². The second kappa shape index (κ2) is 6.54. The number of aromatic nitrogens is 1. The number of nitrogens with zero attached hydrogens (tertiary/aromatic N) is 3. The highest BCUT2D eigenvalue weighted by molar-refractivity contribution is 5.94. The fourth-order valence-electron chi connectivity index (χ4n) is 3.13. The van der Waals surface area contributed by atoms with Crippen LogP contribution < -0.4 is 9.64 Å². The third kappa shape index (κ3) is 3.86. The molecule has 1 aromatic rings. The van der Waals surface area contributed by atoms with Crippen LogP contribution in [0.1, 0.15) is 44.5 Å². The first-order chi connectivity index (χ1) is 11.7. The Kier molecular flexibility index (Phi) is 4.58. The molecular formula is C18H25N3O4. The molecule has 25 heavy (non-hydrogen) atoms. The number of Topliss-reactive ketones (excluding diaryl/α,β-unsaturated/α-hetero) is 1. The molecule has 0 aliphatic carbocycles. The maximum Gasteiger partial charge on any atom is 0.410 e. The van der Waals surface area contributed by atoms with E-state index in [1.54, 1.807) is 17.2 Å². The lowest BCUT2D eigenvalue weighted by atomic mass is 10.1. The first kappa shape index (κ1) is 17.5. The molecule has 1 atom stereocenters. The number of ether oxygens (including phenoxy) is 2. The number of ketones is 1. The molecule has 136 valence electrons. The van der Waals surface area contributed by atoms with Gasteiger partial charge in [-0.25, -0.2) is 9.78 Å². The maximum absolute atomic E-state index is 12.3. The molecule has 0 N–H and O–H groups in total. The van der Waals surface area contributed by atoms with Crippen molar-refractivity contribution < 1.29 is 19.1 Å². The van der Waals surface area contributed by atoms with E-state index in [0.29, 0.717) is 37.6 Å². The predicted molar refractivity (Wildman–Crippen MR) is 93.3 cm³/mol. The highest BCUT2D eigenvalue weighted by atomic mass is 16.6. The summed E-state index contributed by atoms with van der Waals surface area (Å²) in [4.78, 5) is 32.3. The van der Waals surface area contributed by atoms with Crippen LogP contribution in [0.3, 0.4) is 0 Å². The van der Waals surface area contributed by atoms with Crippen molar-refractivity contribution >= 4 is 17.7 Å². The molecule has 1 aromatic heterocycles. The maximum atomic E-state index is 12.3. The van der Waals surface area contributed by atoms with Gasteiger partial charge in [-0.2, -0.15) is 0 Å². The minimum atomic E-state index is -0.502. The number of carbonyl (C=O) groups excluding carboxylic acids is 2. The van der Waals surface area contributed by atoms with Crippen LogP contribution >= 0.6 is 0 Å². The van der Waals surface area contributed by atoms with Gasteiger partial charge in [-0.1, -0.05) is 0 Å². The van der Waals surface area contributed by atoms with Crippen LogP contribution in [0.25, 0.3) is 0 Å². The molecular weight excluding hydrogens is 322 g/mol. The summed E-state index contributed by atoms with van der Waals surface area (Å²) >= 11 is 0. The molecule has 0 aromatic carbocycles. The minimum absolute atomic E-state index is 0.0329. The molecule has 0 bridgehead atoms. The number of anilines is 1. The highest BCUT2D eigenvalue weighted by Crippen LogP contribution is 2.33. The SMILES string of the molecule is CC(=O)c1cnc2c(c1)OCCC1CN(C(=O)OC(C)(C)C)CCN21. The van der Waals surface area contributed by atoms with Crippen LogP contribution in [0, 0.1) is 0 Å². The summed E-state index contributed by atoms with van der Waals surface area (Å²) in [5.74, 6) is 1.35. The summed E-state index contributed by atoms with van der Waals surface area (Å²) in [6.07, 6.45) is 2.09. The summed E-state index contributed by atoms with van der Waals surface area (Å²) in [5.41, 5.74) is 0.0440. The molecule has 2 aliphatic heterocycles. The molecule has 0 spiro atoms. The van der Waals surface area contributed by atoms with Gasteiger partial charge >= 0.3 is 6.09 Å². The monoisotopic (exact) mass is 347 g/mol. The summed E-state index contributed by atoms with van der Waals surface area (Å²) in [7, 11) is 0. The number of hydrogen-bond acceptors (Lipinski definition) is 6. The van der Waals surface area contributed by atoms with E-state index >= 15 is 0 Å². The Hall–Kier alpha value is -2.31. The van der Waals surface area contributed by atoms with Gasteiger partial charge in [0, 0.05) is 37.8 Å². The standard InChI is InChI=1S/C18H25N3O4/c1-12(22)13-9-15-16(19-10-13)21-7-6-20(11-14(21)5-8-24-15)17(23)25-18(2,3)4/h9-10,14H,5-8,11H2,1-4H3. The second-order valence-corrected chi connectivity index (χ2v) is 7.51. The molecule has 1 unspecified atom stereocenters. The minimum Gasteiger partial charge on any atom is -0.490 e. The van der Waals surface area contributed by atoms with Crippen LogP contribution in [0.4, 0.5) is 10.6 Å². The zero-order valence-corrected chi connectivity index (χ0v) is 15.2. The van der Waals surface area contributed by atoms with Crippen LogP contribution in [-0.4, -0.2) is 59.6 Å². The van der Waals surface area contributed by atoms with Crippen LogP contribution in [0.15, 0.2) is 12.3 Å². The van der Waals surface area contributed by atoms with Gasteiger partial charge in [0.15, 0.2) is 17.4 Å². The average Bonchev–Trinajstić information content (AvgIpc) is 2.71. The number of hydrogen-bond donors (Lipinski definition) is 0. The molecule has 0 saturated carbocycles. The number of carbonyl (C=O) groups is 2. The van der Waals surface area contributed by atoms with Gasteiger partial charge in [0.1, 0.15) is 5.60 Å². The van der Waals surface area contributed by atoms with Crippen molar-refractivity contribution in [2.75, 3.05) is 31.1 Å². The van der Waals surface area contributed by atoms with E-state index < -0.39 is 5.60 Å². The first-order valence-electron chi connectivity index (χ1n) is 8.63. The molecule has 1 amide bonds. The smallest absolute Gasteiger partial charge is 0.410 e. The van der Waals surface area contributed by atoms with Gasteiger partial charge < -0.3 is 19.3 Å². The number of amides is 1. The second-order valence-electron chi connectivity index (χ2n) is 7.51. The topological polar surface area (TPSA) is 72.0 Å². The van der Waals surface area contributed by atoms with Gasteiger partial charge in [-0.3, -0.25) is 4.79 Å². The van der Waals surface area contributed by atoms with Crippen molar-refractivity contribution in [3.8, 4) is 5.75 Å². The van der Waals surface area contributed by atoms with Gasteiger partial charge in [-0.05, 0) is 33.8 Å². The Labute approximate surface area is 147 Å². The van der Waals surface area contributed by atoms with Crippen molar-refractivity contribution in [2.45, 2.75) is 45.8 Å². The van der Waals surface area contributed by atoms with E-state index in [2.05, 4.69) is 9.88 Å². The van der Waals surface area contributed by atoms with Crippen molar-refractivity contribution in [3.63, 3.8) is 0 Å². The van der Waals surface area contributed by atoms with Crippen molar-refractivity contribution in [1.82, 2.24) is 9.88 Å². The zero-order chi connectivity index (χ0) is 18.2. The summed E-state index contributed by atoms with van der Waals surface area (Å²) < 4.78 is 11.3. The fourth-order valence-corrected chi connectivity index (χ4v) is 3.13. The summed E-state index contributed by atoms with van der Waals surface area (Å²) in [6, 6.07) is 1.88. The van der Waals surface area contributed by atoms with Crippen molar-refractivity contribution in [3.05, 3.63) is 17.8 Å². The van der Waals surface area contributed by atoms with E-state index in [0.717, 1.165) is 12.2 Å². The van der Waals surface area contributed by atoms with Crippen LogP contribution in [0.5, 0.6) is 5.75 Å². The number of rotatable bonds is 1. The van der Waals surface area contributed by atoms with Gasteiger partial charge in [-0.15, -0.1) is 0 Å². The van der Waals surface area contributed by atoms with E-state index in [-0.39, 0.29) is 17.9 Å². The van der Waals surface area contributed by atoms with Crippen molar-refractivity contribution in [1.29, 1.82) is 0 Å². The van der Waals surface area contributed by atoms with E-state index in [9.17, 15) is 9.59 Å². The molecule has 0 radical (unpaired) electrons. The van der Waals surface area contributed by atoms with Gasteiger partial charge in [0.05, 0.1) is 12.6 Å². The average molecular weight is 347 g/mol. The van der Waals surface area contributed by atoms with E-state index in [4.69, 9.17) is 9.47 Å². The molecule has 3 heterocycles. The zero-order valence-electron chi connectivity index (χ0n) is 15.2. The van der Waals surface area contributed by atoms with Crippen molar-refractivity contribution in [2.24, 2.45) is 0 Å². The molecule has 1 fully saturated rings.